The summed E-state index contributed by atoms with van der Waals surface area (Å²) in [5.74, 6) is -1.78. The van der Waals surface area contributed by atoms with Gasteiger partial charge < -0.3 is 10.9 Å². The van der Waals surface area contributed by atoms with Gasteiger partial charge in [-0.2, -0.15) is 13.2 Å². The van der Waals surface area contributed by atoms with Gasteiger partial charge in [0.2, 0.25) is 0 Å². The van der Waals surface area contributed by atoms with Crippen molar-refractivity contribution in [1.29, 1.82) is 0 Å². The summed E-state index contributed by atoms with van der Waals surface area (Å²) < 4.78 is 39.7. The second-order valence-corrected chi connectivity index (χ2v) is 4.25. The number of alkyl halides is 3. The molecule has 0 rings (SSSR count). The molecular formula is C10H20F3NO2. The Bertz CT molecular complexity index is 207. The van der Waals surface area contributed by atoms with E-state index in [1.54, 1.807) is 0 Å². The van der Waals surface area contributed by atoms with Crippen molar-refractivity contribution in [3.63, 3.8) is 0 Å². The lowest BCUT2D eigenvalue weighted by atomic mass is 9.86. The zero-order chi connectivity index (χ0) is 12.2. The molecule has 0 aromatic heterocycles. The van der Waals surface area contributed by atoms with Crippen LogP contribution in [0.15, 0.2) is 0 Å². The van der Waals surface area contributed by atoms with Crippen LogP contribution in [0, 0.1) is 17.8 Å². The maximum atomic E-state index is 11.8. The monoisotopic (exact) mass is 243 g/mol. The molecule has 0 aromatic rings. The van der Waals surface area contributed by atoms with Gasteiger partial charge in [-0.15, -0.1) is 0 Å². The molecule has 0 fully saturated rings. The quantitative estimate of drug-likeness (QED) is 0.771. The zero-order valence-corrected chi connectivity index (χ0v) is 10.1. The smallest absolute Gasteiger partial charge is 0.459 e. The number of carbonyl (C=O) groups excluding carboxylic acids is 1. The van der Waals surface area contributed by atoms with Crippen LogP contribution in [0.1, 0.15) is 27.7 Å². The van der Waals surface area contributed by atoms with Crippen molar-refractivity contribution in [1.82, 2.24) is 6.15 Å². The maximum Gasteiger partial charge on any atom is 0.490 e. The van der Waals surface area contributed by atoms with Crippen molar-refractivity contribution >= 4 is 5.97 Å². The highest BCUT2D eigenvalue weighted by Crippen LogP contribution is 2.23. The predicted octanol–water partition coefficient (Wildman–Crippen LogP) is 3.18. The molecular weight excluding hydrogens is 223 g/mol. The molecule has 3 N–H and O–H groups in total. The van der Waals surface area contributed by atoms with E-state index in [0.717, 1.165) is 0 Å². The van der Waals surface area contributed by atoms with Crippen LogP contribution in [0.5, 0.6) is 0 Å². The lowest BCUT2D eigenvalue weighted by molar-refractivity contribution is -0.201. The van der Waals surface area contributed by atoms with E-state index in [4.69, 9.17) is 0 Å². The van der Waals surface area contributed by atoms with Crippen molar-refractivity contribution in [2.75, 3.05) is 6.61 Å². The highest BCUT2D eigenvalue weighted by molar-refractivity contribution is 5.75. The largest absolute Gasteiger partial charge is 0.490 e. The number of esters is 1. The summed E-state index contributed by atoms with van der Waals surface area (Å²) in [5, 5.41) is 0. The molecule has 0 aliphatic carbocycles. The van der Waals surface area contributed by atoms with Crippen molar-refractivity contribution in [2.24, 2.45) is 17.8 Å². The van der Waals surface area contributed by atoms with Crippen LogP contribution in [-0.2, 0) is 9.53 Å². The molecule has 3 nitrogen and oxygen atoms in total. The molecule has 0 unspecified atom stereocenters. The van der Waals surface area contributed by atoms with Gasteiger partial charge in [0, 0.05) is 0 Å². The van der Waals surface area contributed by atoms with Crippen molar-refractivity contribution in [3.05, 3.63) is 0 Å². The van der Waals surface area contributed by atoms with Gasteiger partial charge >= 0.3 is 12.1 Å². The van der Waals surface area contributed by atoms with Gasteiger partial charge in [0.25, 0.3) is 0 Å². The fourth-order valence-electron chi connectivity index (χ4n) is 1.41. The van der Waals surface area contributed by atoms with Crippen molar-refractivity contribution in [3.8, 4) is 0 Å². The van der Waals surface area contributed by atoms with Gasteiger partial charge in [0.15, 0.2) is 0 Å². The lowest BCUT2D eigenvalue weighted by Gasteiger charge is -2.24. The number of carbonyl (C=O) groups is 1. The first-order chi connectivity index (χ1) is 6.66. The second kappa shape index (κ2) is 6.73. The molecule has 0 aliphatic heterocycles. The van der Waals surface area contributed by atoms with E-state index in [9.17, 15) is 18.0 Å². The molecule has 0 saturated carbocycles. The Morgan fingerprint density at radius 2 is 1.50 bits per heavy atom. The first-order valence-electron chi connectivity index (χ1n) is 4.90. The number of halogens is 3. The normalized spacial score (nSPS) is 11.9. The summed E-state index contributed by atoms with van der Waals surface area (Å²) >= 11 is 0. The molecule has 0 spiro atoms. The van der Waals surface area contributed by atoms with Crippen molar-refractivity contribution < 1.29 is 22.7 Å². The van der Waals surface area contributed by atoms with Gasteiger partial charge in [-0.3, -0.25) is 0 Å². The average Bonchev–Trinajstić information content (AvgIpc) is 2.00. The van der Waals surface area contributed by atoms with Crippen LogP contribution in [-0.4, -0.2) is 18.8 Å². The number of rotatable bonds is 4. The van der Waals surface area contributed by atoms with Crippen LogP contribution in [0.3, 0.4) is 0 Å². The fourth-order valence-corrected chi connectivity index (χ4v) is 1.41. The summed E-state index contributed by atoms with van der Waals surface area (Å²) in [5.41, 5.74) is 0. The Labute approximate surface area is 93.9 Å². The van der Waals surface area contributed by atoms with Gasteiger partial charge in [-0.1, -0.05) is 27.7 Å². The molecule has 0 radical (unpaired) electrons. The molecule has 6 heteroatoms. The van der Waals surface area contributed by atoms with Gasteiger partial charge in [0.1, 0.15) is 0 Å². The maximum absolute atomic E-state index is 11.8. The number of hydrogen-bond acceptors (Lipinski definition) is 3. The third-order valence-corrected chi connectivity index (χ3v) is 2.35. The summed E-state index contributed by atoms with van der Waals surface area (Å²) in [6.07, 6.45) is -4.89. The molecule has 98 valence electrons. The number of ether oxygens (including phenoxy) is 1. The summed E-state index contributed by atoms with van der Waals surface area (Å²) in [7, 11) is 0. The van der Waals surface area contributed by atoms with E-state index < -0.39 is 12.1 Å². The summed E-state index contributed by atoms with van der Waals surface area (Å²) in [4.78, 5) is 10.5. The molecule has 16 heavy (non-hydrogen) atoms. The average molecular weight is 243 g/mol. The van der Waals surface area contributed by atoms with Crippen LogP contribution in [0.2, 0.25) is 0 Å². The Balaban J connectivity index is 0. The minimum absolute atomic E-state index is 0. The summed E-state index contributed by atoms with van der Waals surface area (Å²) in [6.45, 7) is 7.41. The zero-order valence-electron chi connectivity index (χ0n) is 10.1. The third kappa shape index (κ3) is 5.95. The highest BCUT2D eigenvalue weighted by atomic mass is 19.4. The first kappa shape index (κ1) is 17.6. The minimum Gasteiger partial charge on any atom is -0.459 e. The number of hydrogen-bond donors (Lipinski definition) is 1. The SMILES string of the molecule is CC(C)C(COC(=O)C(F)(F)F)C(C)C.N. The van der Waals surface area contributed by atoms with E-state index >= 15 is 0 Å². The Morgan fingerprint density at radius 1 is 1.12 bits per heavy atom. The molecule has 0 aromatic carbocycles. The highest BCUT2D eigenvalue weighted by Gasteiger charge is 2.41. The van der Waals surface area contributed by atoms with E-state index in [1.807, 2.05) is 27.7 Å². The van der Waals surface area contributed by atoms with Crippen LogP contribution < -0.4 is 6.15 Å². The molecule has 0 heterocycles. The van der Waals surface area contributed by atoms with Crippen molar-refractivity contribution in [2.45, 2.75) is 33.9 Å². The first-order valence-corrected chi connectivity index (χ1v) is 4.90. The van der Waals surface area contributed by atoms with Crippen LogP contribution >= 0.6 is 0 Å². The Morgan fingerprint density at radius 3 is 1.75 bits per heavy atom. The second-order valence-electron chi connectivity index (χ2n) is 4.25. The predicted molar refractivity (Wildman–Crippen MR) is 55.2 cm³/mol. The standard InChI is InChI=1S/C10H17F3O2.H3N/c1-6(2)8(7(3)4)5-15-9(14)10(11,12)13;/h6-8H,5H2,1-4H3;1H3. The van der Waals surface area contributed by atoms with E-state index in [0.29, 0.717) is 0 Å². The third-order valence-electron chi connectivity index (χ3n) is 2.35. The van der Waals surface area contributed by atoms with Gasteiger partial charge in [-0.25, -0.2) is 4.79 Å². The Kier molecular flexibility index (Phi) is 7.40. The van der Waals surface area contributed by atoms with E-state index in [1.165, 1.54) is 0 Å². The van der Waals surface area contributed by atoms with E-state index in [-0.39, 0.29) is 30.5 Å². The minimum atomic E-state index is -4.89. The van der Waals surface area contributed by atoms with Gasteiger partial charge in [-0.05, 0) is 17.8 Å². The van der Waals surface area contributed by atoms with Crippen LogP contribution in [0.4, 0.5) is 13.2 Å². The Hall–Kier alpha value is -0.780. The molecule has 0 atom stereocenters. The van der Waals surface area contributed by atoms with Gasteiger partial charge in [0.05, 0.1) is 6.61 Å². The lowest BCUT2D eigenvalue weighted by Crippen LogP contribution is -2.30. The molecule has 0 saturated heterocycles. The van der Waals surface area contributed by atoms with E-state index in [2.05, 4.69) is 4.74 Å². The topological polar surface area (TPSA) is 61.3 Å². The molecule has 0 amide bonds. The molecule has 0 bridgehead atoms. The fraction of sp³-hybridized carbons (Fsp3) is 0.900. The summed E-state index contributed by atoms with van der Waals surface area (Å²) in [6, 6.07) is 0. The molecule has 0 aliphatic rings. The van der Waals surface area contributed by atoms with Crippen LogP contribution in [0.25, 0.3) is 0 Å².